The lowest BCUT2D eigenvalue weighted by atomic mass is 9.92. The second-order valence-corrected chi connectivity index (χ2v) is 5.88. The molecule has 0 radical (unpaired) electrons. The van der Waals surface area contributed by atoms with E-state index in [1.165, 1.54) is 0 Å². The molecule has 1 aromatic heterocycles. The molecule has 0 aliphatic heterocycles. The summed E-state index contributed by atoms with van der Waals surface area (Å²) in [5.41, 5.74) is 2.09. The molecule has 0 unspecified atom stereocenters. The van der Waals surface area contributed by atoms with Crippen molar-refractivity contribution in [2.75, 3.05) is 7.11 Å². The van der Waals surface area contributed by atoms with Crippen LogP contribution in [-0.2, 0) is 5.41 Å². The summed E-state index contributed by atoms with van der Waals surface area (Å²) in [5.74, 6) is 1.62. The Morgan fingerprint density at radius 3 is 2.32 bits per heavy atom. The molecule has 19 heavy (non-hydrogen) atoms. The standard InChI is InChI=1S/C15H18N2OS/c1-15(2,3)12-9-13(19)17-14(16-12)10-5-7-11(18-4)8-6-10/h5-9H,1-4H3,(H,16,17,19). The lowest BCUT2D eigenvalue weighted by molar-refractivity contribution is 0.415. The van der Waals surface area contributed by atoms with Crippen LogP contribution in [0.2, 0.25) is 0 Å². The summed E-state index contributed by atoms with van der Waals surface area (Å²) in [4.78, 5) is 7.75. The van der Waals surface area contributed by atoms with Crippen LogP contribution in [0, 0.1) is 4.64 Å². The number of nitrogens with zero attached hydrogens (tertiary/aromatic N) is 1. The largest absolute Gasteiger partial charge is 0.497 e. The van der Waals surface area contributed by atoms with Crippen molar-refractivity contribution in [3.05, 3.63) is 40.7 Å². The summed E-state index contributed by atoms with van der Waals surface area (Å²) in [7, 11) is 1.65. The third-order valence-electron chi connectivity index (χ3n) is 2.91. The van der Waals surface area contributed by atoms with Gasteiger partial charge in [-0.2, -0.15) is 0 Å². The molecule has 0 aliphatic rings. The van der Waals surface area contributed by atoms with E-state index in [0.717, 1.165) is 22.8 Å². The van der Waals surface area contributed by atoms with Gasteiger partial charge in [0.1, 0.15) is 16.2 Å². The van der Waals surface area contributed by atoms with Crippen LogP contribution >= 0.6 is 12.2 Å². The van der Waals surface area contributed by atoms with Gasteiger partial charge in [-0.15, -0.1) is 0 Å². The minimum Gasteiger partial charge on any atom is -0.497 e. The Kier molecular flexibility index (Phi) is 3.71. The predicted octanol–water partition coefficient (Wildman–Crippen LogP) is 4.11. The van der Waals surface area contributed by atoms with Crippen molar-refractivity contribution in [2.24, 2.45) is 0 Å². The number of benzene rings is 1. The Morgan fingerprint density at radius 2 is 1.79 bits per heavy atom. The van der Waals surface area contributed by atoms with Gasteiger partial charge in [-0.25, -0.2) is 4.98 Å². The highest BCUT2D eigenvalue weighted by molar-refractivity contribution is 7.71. The van der Waals surface area contributed by atoms with E-state index in [4.69, 9.17) is 17.0 Å². The van der Waals surface area contributed by atoms with Crippen LogP contribution in [0.4, 0.5) is 0 Å². The van der Waals surface area contributed by atoms with Crippen molar-refractivity contribution < 1.29 is 4.74 Å². The van der Waals surface area contributed by atoms with Gasteiger partial charge in [-0.1, -0.05) is 33.0 Å². The molecule has 0 aliphatic carbocycles. The zero-order valence-electron chi connectivity index (χ0n) is 11.7. The highest BCUT2D eigenvalue weighted by atomic mass is 32.1. The van der Waals surface area contributed by atoms with Gasteiger partial charge in [0.25, 0.3) is 0 Å². The molecule has 2 rings (SSSR count). The summed E-state index contributed by atoms with van der Waals surface area (Å²) < 4.78 is 5.76. The third kappa shape index (κ3) is 3.20. The number of rotatable bonds is 2. The molecule has 0 bridgehead atoms. The molecule has 0 saturated heterocycles. The molecule has 0 spiro atoms. The summed E-state index contributed by atoms with van der Waals surface area (Å²) in [6, 6.07) is 9.69. The lowest BCUT2D eigenvalue weighted by Gasteiger charge is -2.19. The SMILES string of the molecule is COc1ccc(-c2nc(=S)cc(C(C)(C)C)[nH]2)cc1. The number of aromatic nitrogens is 2. The number of H-pyrrole nitrogens is 1. The number of hydrogen-bond donors (Lipinski definition) is 1. The van der Waals surface area contributed by atoms with Gasteiger partial charge in [-0.05, 0) is 30.3 Å². The maximum atomic E-state index is 5.25. The zero-order valence-corrected chi connectivity index (χ0v) is 12.5. The minimum atomic E-state index is 0.0116. The first kappa shape index (κ1) is 13.7. The fraction of sp³-hybridized carbons (Fsp3) is 0.333. The first-order valence-corrected chi connectivity index (χ1v) is 6.57. The number of ether oxygens (including phenoxy) is 1. The quantitative estimate of drug-likeness (QED) is 0.837. The summed E-state index contributed by atoms with van der Waals surface area (Å²) in [6.45, 7) is 6.43. The van der Waals surface area contributed by atoms with E-state index in [2.05, 4.69) is 30.7 Å². The Bertz CT molecular complexity index is 624. The fourth-order valence-corrected chi connectivity index (χ4v) is 1.96. The van der Waals surface area contributed by atoms with Crippen LogP contribution in [0.15, 0.2) is 30.3 Å². The van der Waals surface area contributed by atoms with Crippen molar-refractivity contribution in [3.63, 3.8) is 0 Å². The molecule has 3 nitrogen and oxygen atoms in total. The van der Waals surface area contributed by atoms with Crippen molar-refractivity contribution in [3.8, 4) is 17.1 Å². The average molecular weight is 274 g/mol. The van der Waals surface area contributed by atoms with Crippen molar-refractivity contribution in [1.82, 2.24) is 9.97 Å². The average Bonchev–Trinajstić information content (AvgIpc) is 2.37. The highest BCUT2D eigenvalue weighted by Gasteiger charge is 2.15. The van der Waals surface area contributed by atoms with Crippen LogP contribution in [0.1, 0.15) is 26.5 Å². The minimum absolute atomic E-state index is 0.0116. The van der Waals surface area contributed by atoms with E-state index in [0.29, 0.717) is 4.64 Å². The molecule has 4 heteroatoms. The van der Waals surface area contributed by atoms with Gasteiger partial charge in [0, 0.05) is 16.7 Å². The van der Waals surface area contributed by atoms with E-state index in [-0.39, 0.29) is 5.41 Å². The maximum absolute atomic E-state index is 5.25. The molecule has 0 saturated carbocycles. The van der Waals surface area contributed by atoms with Crippen molar-refractivity contribution in [2.45, 2.75) is 26.2 Å². The molecule has 1 N–H and O–H groups in total. The zero-order chi connectivity index (χ0) is 14.0. The maximum Gasteiger partial charge on any atom is 0.139 e. The summed E-state index contributed by atoms with van der Waals surface area (Å²) >= 11 is 5.25. The Balaban J connectivity index is 2.49. The third-order valence-corrected chi connectivity index (χ3v) is 3.12. The fourth-order valence-electron chi connectivity index (χ4n) is 1.75. The summed E-state index contributed by atoms with van der Waals surface area (Å²) in [5, 5.41) is 0. The van der Waals surface area contributed by atoms with E-state index in [1.807, 2.05) is 30.3 Å². The Hall–Kier alpha value is -1.68. The normalized spacial score (nSPS) is 11.4. The van der Waals surface area contributed by atoms with E-state index >= 15 is 0 Å². The van der Waals surface area contributed by atoms with Gasteiger partial charge in [-0.3, -0.25) is 0 Å². The monoisotopic (exact) mass is 274 g/mol. The van der Waals surface area contributed by atoms with Crippen LogP contribution in [-0.4, -0.2) is 17.1 Å². The van der Waals surface area contributed by atoms with Gasteiger partial charge in [0.2, 0.25) is 0 Å². The van der Waals surface area contributed by atoms with Crippen LogP contribution in [0.3, 0.4) is 0 Å². The molecule has 1 heterocycles. The van der Waals surface area contributed by atoms with E-state index in [1.54, 1.807) is 7.11 Å². The van der Waals surface area contributed by atoms with Crippen molar-refractivity contribution >= 4 is 12.2 Å². The van der Waals surface area contributed by atoms with Crippen LogP contribution in [0.5, 0.6) is 5.75 Å². The number of methoxy groups -OCH3 is 1. The van der Waals surface area contributed by atoms with Crippen LogP contribution in [0.25, 0.3) is 11.4 Å². The Morgan fingerprint density at radius 1 is 1.16 bits per heavy atom. The lowest BCUT2D eigenvalue weighted by Crippen LogP contribution is -2.14. The molecule has 0 fully saturated rings. The number of aromatic amines is 1. The Labute approximate surface area is 118 Å². The van der Waals surface area contributed by atoms with Gasteiger partial charge in [0.05, 0.1) is 7.11 Å². The topological polar surface area (TPSA) is 37.9 Å². The molecular weight excluding hydrogens is 256 g/mol. The van der Waals surface area contributed by atoms with E-state index in [9.17, 15) is 0 Å². The number of hydrogen-bond acceptors (Lipinski definition) is 3. The molecule has 1 aromatic carbocycles. The van der Waals surface area contributed by atoms with E-state index < -0.39 is 0 Å². The smallest absolute Gasteiger partial charge is 0.139 e. The molecular formula is C15H18N2OS. The van der Waals surface area contributed by atoms with Gasteiger partial charge in [0.15, 0.2) is 0 Å². The molecule has 2 aromatic rings. The van der Waals surface area contributed by atoms with Gasteiger partial charge < -0.3 is 9.72 Å². The first-order chi connectivity index (χ1) is 8.90. The second kappa shape index (κ2) is 5.13. The van der Waals surface area contributed by atoms with Crippen LogP contribution < -0.4 is 4.74 Å². The molecule has 0 atom stereocenters. The molecule has 0 amide bonds. The second-order valence-electron chi connectivity index (χ2n) is 5.46. The number of nitrogens with one attached hydrogen (secondary N) is 1. The van der Waals surface area contributed by atoms with Crippen molar-refractivity contribution in [1.29, 1.82) is 0 Å². The predicted molar refractivity (Wildman–Crippen MR) is 80.1 cm³/mol. The molecule has 100 valence electrons. The first-order valence-electron chi connectivity index (χ1n) is 6.16. The van der Waals surface area contributed by atoms with Gasteiger partial charge >= 0.3 is 0 Å². The summed E-state index contributed by atoms with van der Waals surface area (Å²) in [6.07, 6.45) is 0. The highest BCUT2D eigenvalue weighted by Crippen LogP contribution is 2.24.